The molecular formula is C15H21N7O2S2. The van der Waals surface area contributed by atoms with Crippen molar-refractivity contribution in [3.05, 3.63) is 29.6 Å². The lowest BCUT2D eigenvalue weighted by atomic mass is 10.2. The number of aromatic amines is 1. The Balaban J connectivity index is 1.51. The van der Waals surface area contributed by atoms with Crippen LogP contribution in [0.2, 0.25) is 0 Å². The van der Waals surface area contributed by atoms with Gasteiger partial charge in [-0.15, -0.1) is 4.40 Å². The van der Waals surface area contributed by atoms with E-state index in [1.807, 2.05) is 20.2 Å². The van der Waals surface area contributed by atoms with Gasteiger partial charge in [0, 0.05) is 11.5 Å². The molecule has 0 saturated heterocycles. The molecule has 0 atom stereocenters. The van der Waals surface area contributed by atoms with Crippen molar-refractivity contribution in [2.24, 2.45) is 15.1 Å². The Morgan fingerprint density at radius 1 is 1.35 bits per heavy atom. The van der Waals surface area contributed by atoms with Crippen LogP contribution in [0.25, 0.3) is 11.0 Å². The van der Waals surface area contributed by atoms with Crippen LogP contribution in [0, 0.1) is 0 Å². The van der Waals surface area contributed by atoms with Crippen molar-refractivity contribution in [2.75, 3.05) is 26.4 Å². The highest BCUT2D eigenvalue weighted by atomic mass is 32.2. The van der Waals surface area contributed by atoms with E-state index in [1.54, 1.807) is 11.8 Å². The van der Waals surface area contributed by atoms with Gasteiger partial charge in [-0.2, -0.15) is 20.2 Å². The number of benzene rings is 1. The average molecular weight is 396 g/mol. The van der Waals surface area contributed by atoms with E-state index in [4.69, 9.17) is 5.73 Å². The van der Waals surface area contributed by atoms with Crippen molar-refractivity contribution in [1.82, 2.24) is 19.6 Å². The van der Waals surface area contributed by atoms with Crippen LogP contribution in [-0.2, 0) is 22.5 Å². The summed E-state index contributed by atoms with van der Waals surface area (Å²) in [7, 11) is 0.323. The Labute approximate surface area is 156 Å². The van der Waals surface area contributed by atoms with Gasteiger partial charge in [0.05, 0.1) is 24.1 Å². The van der Waals surface area contributed by atoms with Crippen LogP contribution < -0.4 is 10.5 Å². The van der Waals surface area contributed by atoms with Crippen molar-refractivity contribution in [1.29, 1.82) is 0 Å². The van der Waals surface area contributed by atoms with Crippen LogP contribution >= 0.6 is 11.8 Å². The van der Waals surface area contributed by atoms with Crippen molar-refractivity contribution in [3.8, 4) is 0 Å². The SMILES string of the molecule is CN(C)Cc1nc2ccc(CSCCN=C3NS(=O)(=O)N=C3N)cc2[nH]1. The molecule has 9 nitrogen and oxygen atoms in total. The molecule has 2 heterocycles. The van der Waals surface area contributed by atoms with Crippen LogP contribution in [0.3, 0.4) is 0 Å². The molecule has 3 rings (SSSR count). The summed E-state index contributed by atoms with van der Waals surface area (Å²) in [5.74, 6) is 2.55. The summed E-state index contributed by atoms with van der Waals surface area (Å²) < 4.78 is 27.9. The van der Waals surface area contributed by atoms with E-state index < -0.39 is 10.2 Å². The number of aromatic nitrogens is 2. The lowest BCUT2D eigenvalue weighted by Gasteiger charge is -2.05. The Morgan fingerprint density at radius 2 is 2.15 bits per heavy atom. The summed E-state index contributed by atoms with van der Waals surface area (Å²) in [4.78, 5) is 14.1. The van der Waals surface area contributed by atoms with Crippen molar-refractivity contribution in [3.63, 3.8) is 0 Å². The van der Waals surface area contributed by atoms with E-state index in [0.717, 1.165) is 34.9 Å². The summed E-state index contributed by atoms with van der Waals surface area (Å²) in [6.45, 7) is 1.23. The van der Waals surface area contributed by atoms with Gasteiger partial charge in [-0.3, -0.25) is 4.99 Å². The number of nitrogens with one attached hydrogen (secondary N) is 2. The molecule has 1 aliphatic heterocycles. The van der Waals surface area contributed by atoms with Crippen LogP contribution in [0.1, 0.15) is 11.4 Å². The van der Waals surface area contributed by atoms with Gasteiger partial charge in [0.2, 0.25) is 0 Å². The Bertz CT molecular complexity index is 964. The molecule has 2 aromatic rings. The number of nitrogens with zero attached hydrogens (tertiary/aromatic N) is 4. The maximum absolute atomic E-state index is 11.2. The Kier molecular flexibility index (Phi) is 5.49. The summed E-state index contributed by atoms with van der Waals surface area (Å²) in [6.07, 6.45) is 0. The number of hydrogen-bond acceptors (Lipinski definition) is 7. The maximum Gasteiger partial charge on any atom is 0.345 e. The predicted molar refractivity (Wildman–Crippen MR) is 106 cm³/mol. The highest BCUT2D eigenvalue weighted by Gasteiger charge is 2.23. The minimum atomic E-state index is -3.69. The maximum atomic E-state index is 11.2. The number of thioether (sulfide) groups is 1. The van der Waals surface area contributed by atoms with E-state index >= 15 is 0 Å². The third kappa shape index (κ3) is 4.74. The number of imidazole rings is 1. The zero-order chi connectivity index (χ0) is 18.7. The van der Waals surface area contributed by atoms with Gasteiger partial charge in [-0.25, -0.2) is 9.71 Å². The molecule has 1 aromatic heterocycles. The minimum Gasteiger partial charge on any atom is -0.380 e. The summed E-state index contributed by atoms with van der Waals surface area (Å²) >= 11 is 1.71. The molecule has 11 heteroatoms. The fourth-order valence-corrected chi connectivity index (χ4v) is 4.05. The van der Waals surface area contributed by atoms with E-state index in [9.17, 15) is 8.42 Å². The smallest absolute Gasteiger partial charge is 0.345 e. The van der Waals surface area contributed by atoms with Crippen LogP contribution in [-0.4, -0.2) is 61.3 Å². The van der Waals surface area contributed by atoms with E-state index in [2.05, 4.69) is 41.1 Å². The Morgan fingerprint density at radius 3 is 2.85 bits per heavy atom. The molecule has 0 unspecified atom stereocenters. The van der Waals surface area contributed by atoms with Crippen LogP contribution in [0.15, 0.2) is 27.6 Å². The van der Waals surface area contributed by atoms with Crippen molar-refractivity contribution >= 4 is 44.7 Å². The number of hydrogen-bond donors (Lipinski definition) is 3. The zero-order valence-corrected chi connectivity index (χ0v) is 16.2. The molecule has 0 aliphatic carbocycles. The fourth-order valence-electron chi connectivity index (χ4n) is 2.47. The number of aliphatic imine (C=N–C) groups is 1. The number of fused-ring (bicyclic) bond motifs is 1. The standard InChI is InChI=1S/C15H21N7O2S2/c1-22(2)8-13-18-11-4-3-10(7-12(11)19-13)9-25-6-5-17-15-14(16)20-26(23,24)21-15/h3-4,7H,5-6,8-9H2,1-2H3,(H2,16,20)(H,17,21)(H,18,19). The normalized spacial score (nSPS) is 17.8. The van der Waals surface area contributed by atoms with E-state index in [0.29, 0.717) is 6.54 Å². The highest BCUT2D eigenvalue weighted by molar-refractivity contribution is 7.98. The summed E-state index contributed by atoms with van der Waals surface area (Å²) in [5, 5.41) is 0. The van der Waals surface area contributed by atoms with Gasteiger partial charge in [0.1, 0.15) is 5.82 Å². The molecule has 26 heavy (non-hydrogen) atoms. The van der Waals surface area contributed by atoms with Crippen molar-refractivity contribution in [2.45, 2.75) is 12.3 Å². The molecule has 0 amide bonds. The largest absolute Gasteiger partial charge is 0.380 e. The first-order chi connectivity index (χ1) is 12.3. The summed E-state index contributed by atoms with van der Waals surface area (Å²) in [6, 6.07) is 6.19. The van der Waals surface area contributed by atoms with Gasteiger partial charge >= 0.3 is 10.2 Å². The third-order valence-electron chi connectivity index (χ3n) is 3.52. The second-order valence-corrected chi connectivity index (χ2v) is 8.55. The predicted octanol–water partition coefficient (Wildman–Crippen LogP) is 0.461. The molecule has 4 N–H and O–H groups in total. The van der Waals surface area contributed by atoms with Crippen LogP contribution in [0.5, 0.6) is 0 Å². The minimum absolute atomic E-state index is 0.0896. The van der Waals surface area contributed by atoms with E-state index in [1.165, 1.54) is 5.56 Å². The second kappa shape index (κ2) is 7.64. The number of amidine groups is 2. The molecule has 0 fully saturated rings. The lowest BCUT2D eigenvalue weighted by Crippen LogP contribution is -2.31. The Hall–Kier alpha value is -2.11. The van der Waals surface area contributed by atoms with Gasteiger partial charge in [-0.1, -0.05) is 6.07 Å². The van der Waals surface area contributed by atoms with Crippen LogP contribution in [0.4, 0.5) is 0 Å². The molecule has 0 saturated carbocycles. The molecule has 0 spiro atoms. The first-order valence-corrected chi connectivity index (χ1v) is 10.5. The average Bonchev–Trinajstić information content (AvgIpc) is 3.04. The van der Waals surface area contributed by atoms with Gasteiger partial charge in [-0.05, 0) is 31.8 Å². The first kappa shape index (κ1) is 18.7. The molecule has 140 valence electrons. The molecular weight excluding hydrogens is 374 g/mol. The molecule has 1 aromatic carbocycles. The second-order valence-electron chi connectivity index (χ2n) is 6.11. The summed E-state index contributed by atoms with van der Waals surface area (Å²) in [5.41, 5.74) is 8.69. The van der Waals surface area contributed by atoms with Gasteiger partial charge < -0.3 is 15.6 Å². The first-order valence-electron chi connectivity index (χ1n) is 7.95. The van der Waals surface area contributed by atoms with Gasteiger partial charge in [0.15, 0.2) is 11.7 Å². The van der Waals surface area contributed by atoms with E-state index in [-0.39, 0.29) is 11.7 Å². The third-order valence-corrected chi connectivity index (χ3v) is 5.42. The monoisotopic (exact) mass is 395 g/mol. The fraction of sp³-hybridized carbons (Fsp3) is 0.400. The quantitative estimate of drug-likeness (QED) is 0.584. The topological polar surface area (TPSA) is 129 Å². The number of H-pyrrole nitrogens is 1. The lowest BCUT2D eigenvalue weighted by molar-refractivity contribution is 0.392. The molecule has 0 bridgehead atoms. The molecule has 0 radical (unpaired) electrons. The molecule has 1 aliphatic rings. The van der Waals surface area contributed by atoms with Crippen molar-refractivity contribution < 1.29 is 8.42 Å². The number of rotatable bonds is 7. The highest BCUT2D eigenvalue weighted by Crippen LogP contribution is 2.18. The zero-order valence-electron chi connectivity index (χ0n) is 14.6. The van der Waals surface area contributed by atoms with Gasteiger partial charge in [0.25, 0.3) is 0 Å². The number of nitrogens with two attached hydrogens (primary N) is 1.